The van der Waals surface area contributed by atoms with Crippen molar-refractivity contribution in [2.45, 2.75) is 31.8 Å². The lowest BCUT2D eigenvalue weighted by Crippen LogP contribution is -2.22. The molecular formula is C25H23N3O3S. The third kappa shape index (κ3) is 3.85. The van der Waals surface area contributed by atoms with Gasteiger partial charge in [-0.2, -0.15) is 5.26 Å². The number of aryl methyl sites for hydroxylation is 1. The lowest BCUT2D eigenvalue weighted by molar-refractivity contribution is 0.0951. The van der Waals surface area contributed by atoms with Gasteiger partial charge in [0.25, 0.3) is 5.91 Å². The van der Waals surface area contributed by atoms with E-state index in [9.17, 15) is 18.5 Å². The van der Waals surface area contributed by atoms with E-state index in [4.69, 9.17) is 0 Å². The third-order valence-corrected chi connectivity index (χ3v) is 7.44. The van der Waals surface area contributed by atoms with Crippen LogP contribution in [0.1, 0.15) is 35.3 Å². The highest BCUT2D eigenvalue weighted by Gasteiger charge is 2.14. The van der Waals surface area contributed by atoms with Gasteiger partial charge in [-0.15, -0.1) is 0 Å². The number of nitrogens with zero attached hydrogens (tertiary/aromatic N) is 2. The zero-order chi connectivity index (χ0) is 22.9. The summed E-state index contributed by atoms with van der Waals surface area (Å²) < 4.78 is 26.0. The van der Waals surface area contributed by atoms with Crippen LogP contribution in [0.2, 0.25) is 0 Å². The first-order valence-corrected chi connectivity index (χ1v) is 12.1. The Morgan fingerprint density at radius 1 is 0.969 bits per heavy atom. The van der Waals surface area contributed by atoms with Crippen molar-refractivity contribution in [1.29, 1.82) is 5.26 Å². The maximum atomic E-state index is 12.8. The average molecular weight is 446 g/mol. The molecule has 32 heavy (non-hydrogen) atoms. The van der Waals surface area contributed by atoms with E-state index in [1.807, 2.05) is 24.3 Å². The van der Waals surface area contributed by atoms with Crippen LogP contribution in [0.3, 0.4) is 0 Å². The van der Waals surface area contributed by atoms with Gasteiger partial charge in [-0.05, 0) is 61.0 Å². The molecule has 6 nitrogen and oxygen atoms in total. The molecule has 0 saturated heterocycles. The fourth-order valence-corrected chi connectivity index (χ4v) is 4.81. The molecule has 4 aromatic rings. The first-order chi connectivity index (χ1) is 15.4. The number of carbonyl (C=O) groups excluding carboxylic acids is 1. The van der Waals surface area contributed by atoms with E-state index in [1.54, 1.807) is 43.3 Å². The van der Waals surface area contributed by atoms with Crippen LogP contribution in [-0.2, 0) is 22.9 Å². The SMILES string of the molecule is CCn1c2ccc(C#N)cc2c2cc(C(=O)NCc3ccc(S(=O)(=O)CC)cc3)ccc21. The second-order valence-electron chi connectivity index (χ2n) is 7.55. The lowest BCUT2D eigenvalue weighted by atomic mass is 10.1. The number of benzene rings is 3. The first kappa shape index (κ1) is 21.6. The molecule has 0 saturated carbocycles. The summed E-state index contributed by atoms with van der Waals surface area (Å²) in [7, 11) is -3.24. The van der Waals surface area contributed by atoms with Crippen molar-refractivity contribution in [2.24, 2.45) is 0 Å². The Labute approximate surface area is 187 Å². The molecule has 0 spiro atoms. The van der Waals surface area contributed by atoms with Crippen LogP contribution in [0.5, 0.6) is 0 Å². The number of rotatable bonds is 6. The highest BCUT2D eigenvalue weighted by atomic mass is 32.2. The minimum Gasteiger partial charge on any atom is -0.348 e. The summed E-state index contributed by atoms with van der Waals surface area (Å²) in [6.45, 7) is 4.74. The number of fused-ring (bicyclic) bond motifs is 3. The highest BCUT2D eigenvalue weighted by molar-refractivity contribution is 7.91. The van der Waals surface area contributed by atoms with E-state index in [0.717, 1.165) is 33.9 Å². The Balaban J connectivity index is 1.60. The van der Waals surface area contributed by atoms with Crippen molar-refractivity contribution in [2.75, 3.05) is 5.75 Å². The molecule has 0 unspecified atom stereocenters. The van der Waals surface area contributed by atoms with Crippen molar-refractivity contribution < 1.29 is 13.2 Å². The van der Waals surface area contributed by atoms with E-state index in [1.165, 1.54) is 0 Å². The molecule has 1 heterocycles. The van der Waals surface area contributed by atoms with Gasteiger partial charge >= 0.3 is 0 Å². The standard InChI is InChI=1S/C25H23N3O3S/c1-3-28-23-11-7-18(15-26)13-21(23)22-14-19(8-12-24(22)28)25(29)27-16-17-5-9-20(10-6-17)32(30,31)4-2/h5-14H,3-4,16H2,1-2H3,(H,27,29). The van der Waals surface area contributed by atoms with Gasteiger partial charge in [0.05, 0.1) is 22.3 Å². The Morgan fingerprint density at radius 2 is 1.62 bits per heavy atom. The molecule has 0 fully saturated rings. The molecule has 1 amide bonds. The Hall–Kier alpha value is -3.63. The number of amides is 1. The minimum absolute atomic E-state index is 0.0514. The van der Waals surface area contributed by atoms with Gasteiger partial charge in [0.1, 0.15) is 0 Å². The Morgan fingerprint density at radius 3 is 2.25 bits per heavy atom. The predicted molar refractivity (Wildman–Crippen MR) is 125 cm³/mol. The topological polar surface area (TPSA) is 92.0 Å². The van der Waals surface area contributed by atoms with Crippen molar-refractivity contribution in [1.82, 2.24) is 9.88 Å². The zero-order valence-electron chi connectivity index (χ0n) is 17.9. The highest BCUT2D eigenvalue weighted by Crippen LogP contribution is 2.30. The summed E-state index contributed by atoms with van der Waals surface area (Å²) in [5.41, 5.74) is 3.97. The number of carbonyl (C=O) groups is 1. The van der Waals surface area contributed by atoms with Crippen LogP contribution in [0, 0.1) is 11.3 Å². The quantitative estimate of drug-likeness (QED) is 0.476. The number of aromatic nitrogens is 1. The van der Waals surface area contributed by atoms with Crippen LogP contribution in [-0.4, -0.2) is 24.6 Å². The Kier molecular flexibility index (Phi) is 5.72. The van der Waals surface area contributed by atoms with Gasteiger partial charge < -0.3 is 9.88 Å². The van der Waals surface area contributed by atoms with Gasteiger partial charge in [0.15, 0.2) is 9.84 Å². The monoisotopic (exact) mass is 445 g/mol. The van der Waals surface area contributed by atoms with E-state index < -0.39 is 9.84 Å². The predicted octanol–water partition coefficient (Wildman–Crippen LogP) is 4.41. The van der Waals surface area contributed by atoms with Crippen molar-refractivity contribution >= 4 is 37.6 Å². The summed E-state index contributed by atoms with van der Waals surface area (Å²) in [6.07, 6.45) is 0. The second-order valence-corrected chi connectivity index (χ2v) is 9.83. The molecule has 162 valence electrons. The summed E-state index contributed by atoms with van der Waals surface area (Å²) in [5, 5.41) is 14.1. The van der Waals surface area contributed by atoms with E-state index in [-0.39, 0.29) is 16.6 Å². The Bertz CT molecular complexity index is 1480. The minimum atomic E-state index is -3.24. The molecule has 0 bridgehead atoms. The molecule has 1 aromatic heterocycles. The lowest BCUT2D eigenvalue weighted by Gasteiger charge is -2.08. The van der Waals surface area contributed by atoms with E-state index in [0.29, 0.717) is 17.7 Å². The normalized spacial score (nSPS) is 11.5. The number of hydrogen-bond acceptors (Lipinski definition) is 4. The van der Waals surface area contributed by atoms with Gasteiger partial charge in [-0.25, -0.2) is 8.42 Å². The summed E-state index contributed by atoms with van der Waals surface area (Å²) in [5.74, 6) is -0.165. The van der Waals surface area contributed by atoms with Crippen molar-refractivity contribution in [3.8, 4) is 6.07 Å². The third-order valence-electron chi connectivity index (χ3n) is 5.69. The molecular weight excluding hydrogens is 422 g/mol. The van der Waals surface area contributed by atoms with Crippen molar-refractivity contribution in [3.05, 3.63) is 77.4 Å². The summed E-state index contributed by atoms with van der Waals surface area (Å²) >= 11 is 0. The fourth-order valence-electron chi connectivity index (χ4n) is 3.92. The van der Waals surface area contributed by atoms with Crippen LogP contribution in [0.25, 0.3) is 21.8 Å². The molecule has 4 rings (SSSR count). The van der Waals surface area contributed by atoms with Crippen molar-refractivity contribution in [3.63, 3.8) is 0 Å². The van der Waals surface area contributed by atoms with Crippen LogP contribution >= 0.6 is 0 Å². The number of nitrogens with one attached hydrogen (secondary N) is 1. The van der Waals surface area contributed by atoms with E-state index in [2.05, 4.69) is 22.9 Å². The van der Waals surface area contributed by atoms with Crippen LogP contribution < -0.4 is 5.32 Å². The summed E-state index contributed by atoms with van der Waals surface area (Å²) in [4.78, 5) is 13.1. The van der Waals surface area contributed by atoms with Crippen LogP contribution in [0.4, 0.5) is 0 Å². The largest absolute Gasteiger partial charge is 0.348 e. The zero-order valence-corrected chi connectivity index (χ0v) is 18.7. The van der Waals surface area contributed by atoms with Crippen LogP contribution in [0.15, 0.2) is 65.6 Å². The molecule has 0 aliphatic carbocycles. The first-order valence-electron chi connectivity index (χ1n) is 10.4. The number of sulfone groups is 1. The maximum Gasteiger partial charge on any atom is 0.251 e. The molecule has 3 aromatic carbocycles. The molecule has 0 radical (unpaired) electrons. The molecule has 0 aliphatic heterocycles. The molecule has 7 heteroatoms. The number of hydrogen-bond donors (Lipinski definition) is 1. The summed E-state index contributed by atoms with van der Waals surface area (Å²) in [6, 6.07) is 19.9. The second kappa shape index (κ2) is 8.48. The van der Waals surface area contributed by atoms with Gasteiger partial charge in [-0.3, -0.25) is 4.79 Å². The van der Waals surface area contributed by atoms with Gasteiger partial charge in [0, 0.05) is 40.5 Å². The molecule has 0 atom stereocenters. The molecule has 0 aliphatic rings. The average Bonchev–Trinajstić information content (AvgIpc) is 3.14. The number of nitriles is 1. The fraction of sp³-hybridized carbons (Fsp3) is 0.200. The van der Waals surface area contributed by atoms with Gasteiger partial charge in [-0.1, -0.05) is 19.1 Å². The van der Waals surface area contributed by atoms with E-state index >= 15 is 0 Å². The van der Waals surface area contributed by atoms with Gasteiger partial charge in [0.2, 0.25) is 0 Å². The smallest absolute Gasteiger partial charge is 0.251 e. The maximum absolute atomic E-state index is 12.8. The molecule has 1 N–H and O–H groups in total.